The Balaban J connectivity index is 2.13. The van der Waals surface area contributed by atoms with Gasteiger partial charge in [-0.25, -0.2) is 4.98 Å². The van der Waals surface area contributed by atoms with Gasteiger partial charge >= 0.3 is 0 Å². The van der Waals surface area contributed by atoms with Crippen molar-refractivity contribution in [3.05, 3.63) is 28.0 Å². The van der Waals surface area contributed by atoms with Gasteiger partial charge in [0.1, 0.15) is 16.9 Å². The molecule has 96 valence electrons. The van der Waals surface area contributed by atoms with Gasteiger partial charge in [-0.2, -0.15) is 0 Å². The van der Waals surface area contributed by atoms with E-state index in [0.29, 0.717) is 10.7 Å². The van der Waals surface area contributed by atoms with E-state index in [4.69, 9.17) is 23.2 Å². The lowest BCUT2D eigenvalue weighted by atomic mass is 10.2. The molecule has 2 rings (SSSR count). The zero-order valence-corrected chi connectivity index (χ0v) is 11.2. The van der Waals surface area contributed by atoms with Crippen molar-refractivity contribution in [2.75, 3.05) is 20.1 Å². The van der Waals surface area contributed by atoms with E-state index in [1.807, 2.05) is 0 Å². The molecule has 1 aliphatic rings. The van der Waals surface area contributed by atoms with Crippen LogP contribution in [0.4, 0.5) is 0 Å². The van der Waals surface area contributed by atoms with Crippen LogP contribution < -0.4 is 0 Å². The van der Waals surface area contributed by atoms with Crippen molar-refractivity contribution in [2.24, 2.45) is 0 Å². The maximum Gasteiger partial charge on any atom is 0.242 e. The third kappa shape index (κ3) is 2.73. The lowest BCUT2D eigenvalue weighted by molar-refractivity contribution is -0.149. The Hall–Kier alpha value is -1.33. The van der Waals surface area contributed by atoms with E-state index in [1.54, 1.807) is 19.2 Å². The second-order valence-corrected chi connectivity index (χ2v) is 4.83. The molecule has 18 heavy (non-hydrogen) atoms. The van der Waals surface area contributed by atoms with E-state index in [9.17, 15) is 9.59 Å². The summed E-state index contributed by atoms with van der Waals surface area (Å²) in [4.78, 5) is 30.1. The molecule has 1 fully saturated rings. The molecular formula is C11H11Cl2N3O2. The SMILES string of the molecule is CN1CC(=O)N(Cc2ccc(Cl)nc2Cl)CC1=O. The molecule has 1 saturated heterocycles. The number of halogens is 2. The lowest BCUT2D eigenvalue weighted by Crippen LogP contribution is -2.51. The van der Waals surface area contributed by atoms with Crippen molar-refractivity contribution in [3.8, 4) is 0 Å². The average Bonchev–Trinajstić information content (AvgIpc) is 2.29. The van der Waals surface area contributed by atoms with E-state index in [2.05, 4.69) is 4.98 Å². The third-order valence-corrected chi connectivity index (χ3v) is 3.27. The molecule has 1 aliphatic heterocycles. The zero-order chi connectivity index (χ0) is 13.3. The van der Waals surface area contributed by atoms with Gasteiger partial charge in [-0.3, -0.25) is 9.59 Å². The Morgan fingerprint density at radius 1 is 1.22 bits per heavy atom. The Morgan fingerprint density at radius 3 is 2.61 bits per heavy atom. The summed E-state index contributed by atoms with van der Waals surface area (Å²) in [5, 5.41) is 0.547. The van der Waals surface area contributed by atoms with Gasteiger partial charge in [0.15, 0.2) is 0 Å². The monoisotopic (exact) mass is 287 g/mol. The summed E-state index contributed by atoms with van der Waals surface area (Å²) < 4.78 is 0. The van der Waals surface area contributed by atoms with Crippen molar-refractivity contribution >= 4 is 35.0 Å². The van der Waals surface area contributed by atoms with Crippen molar-refractivity contribution in [1.82, 2.24) is 14.8 Å². The summed E-state index contributed by atoms with van der Waals surface area (Å²) in [5.41, 5.74) is 0.673. The van der Waals surface area contributed by atoms with Gasteiger partial charge in [-0.1, -0.05) is 29.3 Å². The van der Waals surface area contributed by atoms with Crippen LogP contribution in [-0.4, -0.2) is 46.7 Å². The highest BCUT2D eigenvalue weighted by molar-refractivity contribution is 6.32. The molecule has 0 atom stereocenters. The number of amides is 2. The predicted octanol–water partition coefficient (Wildman–Crippen LogP) is 1.19. The maximum absolute atomic E-state index is 11.8. The van der Waals surface area contributed by atoms with E-state index >= 15 is 0 Å². The molecule has 0 spiro atoms. The number of aromatic nitrogens is 1. The van der Waals surface area contributed by atoms with Crippen LogP contribution in [0.15, 0.2) is 12.1 Å². The minimum atomic E-state index is -0.108. The Labute approximate surface area is 114 Å². The molecule has 2 amide bonds. The first-order chi connectivity index (χ1) is 8.47. The van der Waals surface area contributed by atoms with Gasteiger partial charge in [-0.05, 0) is 6.07 Å². The van der Waals surface area contributed by atoms with Gasteiger partial charge < -0.3 is 9.80 Å². The molecule has 2 heterocycles. The van der Waals surface area contributed by atoms with Crippen molar-refractivity contribution in [3.63, 3.8) is 0 Å². The number of carbonyl (C=O) groups excluding carboxylic acids is 2. The van der Waals surface area contributed by atoms with Gasteiger partial charge in [0.2, 0.25) is 11.8 Å². The first kappa shape index (κ1) is 13.1. The fraction of sp³-hybridized carbons (Fsp3) is 0.364. The summed E-state index contributed by atoms with van der Waals surface area (Å²) in [5.74, 6) is -0.198. The summed E-state index contributed by atoms with van der Waals surface area (Å²) >= 11 is 11.6. The largest absolute Gasteiger partial charge is 0.335 e. The van der Waals surface area contributed by atoms with Crippen LogP contribution in [0.5, 0.6) is 0 Å². The predicted molar refractivity (Wildman–Crippen MR) is 67.3 cm³/mol. The highest BCUT2D eigenvalue weighted by Crippen LogP contribution is 2.19. The van der Waals surface area contributed by atoms with Crippen LogP contribution in [-0.2, 0) is 16.1 Å². The Morgan fingerprint density at radius 2 is 1.94 bits per heavy atom. The Kier molecular flexibility index (Phi) is 3.73. The van der Waals surface area contributed by atoms with Crippen molar-refractivity contribution in [2.45, 2.75) is 6.54 Å². The number of nitrogens with zero attached hydrogens (tertiary/aromatic N) is 3. The highest BCUT2D eigenvalue weighted by Gasteiger charge is 2.27. The maximum atomic E-state index is 11.8. The number of piperazine rings is 1. The quantitative estimate of drug-likeness (QED) is 0.768. The number of carbonyl (C=O) groups is 2. The van der Waals surface area contributed by atoms with Gasteiger partial charge in [0, 0.05) is 19.2 Å². The first-order valence-corrected chi connectivity index (χ1v) is 6.05. The van der Waals surface area contributed by atoms with Crippen LogP contribution in [0.3, 0.4) is 0 Å². The van der Waals surface area contributed by atoms with Crippen LogP contribution in [0.25, 0.3) is 0 Å². The minimum Gasteiger partial charge on any atom is -0.335 e. The third-order valence-electron chi connectivity index (χ3n) is 2.73. The van der Waals surface area contributed by atoms with Gasteiger partial charge in [0.05, 0.1) is 6.54 Å². The topological polar surface area (TPSA) is 53.5 Å². The molecule has 0 aromatic carbocycles. The van der Waals surface area contributed by atoms with Crippen LogP contribution in [0, 0.1) is 0 Å². The molecular weight excluding hydrogens is 277 g/mol. The van der Waals surface area contributed by atoms with Crippen molar-refractivity contribution < 1.29 is 9.59 Å². The number of hydrogen-bond acceptors (Lipinski definition) is 3. The zero-order valence-electron chi connectivity index (χ0n) is 9.69. The summed E-state index contributed by atoms with van der Waals surface area (Å²) in [7, 11) is 1.61. The Bertz CT molecular complexity index is 507. The van der Waals surface area contributed by atoms with Gasteiger partial charge in [0.25, 0.3) is 0 Å². The smallest absolute Gasteiger partial charge is 0.242 e. The minimum absolute atomic E-state index is 0.0638. The normalized spacial score (nSPS) is 16.4. The summed E-state index contributed by atoms with van der Waals surface area (Å²) in [6.07, 6.45) is 0. The second-order valence-electron chi connectivity index (χ2n) is 4.08. The highest BCUT2D eigenvalue weighted by atomic mass is 35.5. The average molecular weight is 288 g/mol. The fourth-order valence-corrected chi connectivity index (χ4v) is 2.08. The first-order valence-electron chi connectivity index (χ1n) is 5.30. The standard InChI is InChI=1S/C11H11Cl2N3O2/c1-15-5-10(18)16(6-9(15)17)4-7-2-3-8(12)14-11(7)13/h2-3H,4-6H2,1H3. The van der Waals surface area contributed by atoms with E-state index in [0.717, 1.165) is 0 Å². The molecule has 7 heteroatoms. The molecule has 0 aliphatic carbocycles. The molecule has 0 radical (unpaired) electrons. The van der Waals surface area contributed by atoms with Crippen LogP contribution in [0.1, 0.15) is 5.56 Å². The molecule has 1 aromatic rings. The molecule has 0 unspecified atom stereocenters. The molecule has 5 nitrogen and oxygen atoms in total. The van der Waals surface area contributed by atoms with E-state index in [1.165, 1.54) is 9.80 Å². The lowest BCUT2D eigenvalue weighted by Gasteiger charge is -2.31. The van der Waals surface area contributed by atoms with Crippen LogP contribution in [0.2, 0.25) is 10.3 Å². The van der Waals surface area contributed by atoms with Crippen LogP contribution >= 0.6 is 23.2 Å². The second kappa shape index (κ2) is 5.12. The van der Waals surface area contributed by atoms with Gasteiger partial charge in [-0.15, -0.1) is 0 Å². The number of likely N-dealkylation sites (N-methyl/N-ethyl adjacent to an activating group) is 1. The number of pyridine rings is 1. The molecule has 0 bridgehead atoms. The van der Waals surface area contributed by atoms with E-state index in [-0.39, 0.29) is 36.6 Å². The molecule has 0 N–H and O–H groups in total. The van der Waals surface area contributed by atoms with Crippen molar-refractivity contribution in [1.29, 1.82) is 0 Å². The molecule has 0 saturated carbocycles. The summed E-state index contributed by atoms with van der Waals surface area (Å²) in [6.45, 7) is 0.424. The number of rotatable bonds is 2. The molecule has 1 aromatic heterocycles. The summed E-state index contributed by atoms with van der Waals surface area (Å²) in [6, 6.07) is 3.30. The fourth-order valence-electron chi connectivity index (χ4n) is 1.67. The number of hydrogen-bond donors (Lipinski definition) is 0. The van der Waals surface area contributed by atoms with E-state index < -0.39 is 0 Å².